The van der Waals surface area contributed by atoms with Crippen LogP contribution in [0.5, 0.6) is 0 Å². The summed E-state index contributed by atoms with van der Waals surface area (Å²) in [5.74, 6) is -0.139. The van der Waals surface area contributed by atoms with E-state index in [2.05, 4.69) is 10.2 Å². The number of aryl methyl sites for hydroxylation is 1. The van der Waals surface area contributed by atoms with E-state index in [1.165, 1.54) is 6.07 Å². The molecule has 1 heterocycles. The largest absolute Gasteiger partial charge is 0.352 e. The number of hydrogen-bond acceptors (Lipinski definition) is 2. The lowest BCUT2D eigenvalue weighted by Gasteiger charge is -2.37. The number of hydrogen-bond donors (Lipinski definition) is 1. The molecule has 4 rings (SSSR count). The lowest BCUT2D eigenvalue weighted by Crippen LogP contribution is -2.45. The van der Waals surface area contributed by atoms with Crippen molar-refractivity contribution in [3.05, 3.63) is 106 Å². The van der Waals surface area contributed by atoms with E-state index in [9.17, 15) is 9.18 Å². The fraction of sp³-hybridized carbons (Fsp3) is 0.296. The minimum Gasteiger partial charge on any atom is -0.352 e. The number of halogens is 2. The average molecular weight is 451 g/mol. The molecule has 0 aromatic heterocycles. The van der Waals surface area contributed by atoms with Crippen LogP contribution in [0.1, 0.15) is 34.6 Å². The Kier molecular flexibility index (Phi) is 7.23. The van der Waals surface area contributed by atoms with Crippen molar-refractivity contribution in [2.45, 2.75) is 32.4 Å². The van der Waals surface area contributed by atoms with Gasteiger partial charge in [0.2, 0.25) is 5.91 Å². The molecule has 3 nitrogen and oxygen atoms in total. The first-order chi connectivity index (χ1) is 15.5. The smallest absolute Gasteiger partial charge is 0.224 e. The maximum Gasteiger partial charge on any atom is 0.224 e. The SMILES string of the molecule is Cc1cc([C@@H]2C[C@H](C(=O)NCc3ccccc3)CN(Cc3ccccc3Cl)C2)ccc1F. The van der Waals surface area contributed by atoms with E-state index in [-0.39, 0.29) is 23.6 Å². The zero-order chi connectivity index (χ0) is 22.5. The predicted octanol–water partition coefficient (Wildman–Crippen LogP) is 5.71. The number of carbonyl (C=O) groups excluding carboxylic acids is 1. The summed E-state index contributed by atoms with van der Waals surface area (Å²) in [6, 6.07) is 23.1. The highest BCUT2D eigenvalue weighted by atomic mass is 35.5. The van der Waals surface area contributed by atoms with Crippen LogP contribution >= 0.6 is 11.6 Å². The van der Waals surface area contributed by atoms with Crippen LogP contribution in [-0.2, 0) is 17.9 Å². The van der Waals surface area contributed by atoms with Crippen molar-refractivity contribution >= 4 is 17.5 Å². The Morgan fingerprint density at radius 3 is 2.56 bits per heavy atom. The van der Waals surface area contributed by atoms with Crippen LogP contribution in [0.15, 0.2) is 72.8 Å². The van der Waals surface area contributed by atoms with Crippen molar-refractivity contribution in [1.29, 1.82) is 0 Å². The average Bonchev–Trinajstić information content (AvgIpc) is 2.81. The van der Waals surface area contributed by atoms with Crippen LogP contribution in [0, 0.1) is 18.7 Å². The van der Waals surface area contributed by atoms with Gasteiger partial charge in [0.15, 0.2) is 0 Å². The molecule has 1 aliphatic rings. The molecule has 0 spiro atoms. The zero-order valence-electron chi connectivity index (χ0n) is 18.2. The maximum atomic E-state index is 13.9. The van der Waals surface area contributed by atoms with Crippen molar-refractivity contribution < 1.29 is 9.18 Å². The van der Waals surface area contributed by atoms with Crippen molar-refractivity contribution in [1.82, 2.24) is 10.2 Å². The third-order valence-corrected chi connectivity index (χ3v) is 6.58. The second kappa shape index (κ2) is 10.3. The molecule has 0 unspecified atom stereocenters. The molecular formula is C27H28ClFN2O. The van der Waals surface area contributed by atoms with Gasteiger partial charge in [-0.05, 0) is 53.6 Å². The van der Waals surface area contributed by atoms with Crippen molar-refractivity contribution in [3.8, 4) is 0 Å². The van der Waals surface area contributed by atoms with E-state index in [1.54, 1.807) is 6.92 Å². The summed E-state index contributed by atoms with van der Waals surface area (Å²) in [5.41, 5.74) is 3.84. The van der Waals surface area contributed by atoms with E-state index >= 15 is 0 Å². The molecule has 1 aliphatic heterocycles. The van der Waals surface area contributed by atoms with Gasteiger partial charge < -0.3 is 5.32 Å². The molecule has 0 bridgehead atoms. The maximum absolute atomic E-state index is 13.9. The number of rotatable bonds is 6. The van der Waals surface area contributed by atoms with Crippen molar-refractivity contribution in [3.63, 3.8) is 0 Å². The molecule has 1 saturated heterocycles. The van der Waals surface area contributed by atoms with Gasteiger partial charge in [0.05, 0.1) is 5.92 Å². The minimum atomic E-state index is -0.199. The Labute approximate surface area is 194 Å². The molecular weight excluding hydrogens is 423 g/mol. The summed E-state index contributed by atoms with van der Waals surface area (Å²) in [5, 5.41) is 3.84. The number of amides is 1. The molecule has 1 amide bonds. The monoisotopic (exact) mass is 450 g/mol. The standard InChI is InChI=1S/C27H28ClFN2O/c1-19-13-21(11-12-26(19)29)23-14-24(27(32)30-15-20-7-3-2-4-8-20)18-31(17-23)16-22-9-5-6-10-25(22)28/h2-13,23-24H,14-18H2,1H3,(H,30,32)/t23-,24+/m1/s1. The van der Waals surface area contributed by atoms with Crippen LogP contribution in [0.4, 0.5) is 4.39 Å². The molecule has 5 heteroatoms. The quantitative estimate of drug-likeness (QED) is 0.521. The molecule has 1 N–H and O–H groups in total. The summed E-state index contributed by atoms with van der Waals surface area (Å²) in [4.78, 5) is 15.4. The number of likely N-dealkylation sites (tertiary alicyclic amines) is 1. The predicted molar refractivity (Wildman–Crippen MR) is 127 cm³/mol. The van der Waals surface area contributed by atoms with Crippen molar-refractivity contribution in [2.75, 3.05) is 13.1 Å². The van der Waals surface area contributed by atoms with E-state index in [0.29, 0.717) is 25.2 Å². The zero-order valence-corrected chi connectivity index (χ0v) is 19.0. The first-order valence-electron chi connectivity index (χ1n) is 11.0. The first kappa shape index (κ1) is 22.5. The molecule has 0 radical (unpaired) electrons. The fourth-order valence-electron chi connectivity index (χ4n) is 4.47. The van der Waals surface area contributed by atoms with Gasteiger partial charge in [0.25, 0.3) is 0 Å². The van der Waals surface area contributed by atoms with Crippen LogP contribution in [0.25, 0.3) is 0 Å². The van der Waals surface area contributed by atoms with Crippen LogP contribution < -0.4 is 5.32 Å². The molecule has 166 valence electrons. The summed E-state index contributed by atoms with van der Waals surface area (Å²) >= 11 is 6.40. The first-order valence-corrected chi connectivity index (χ1v) is 11.4. The van der Waals surface area contributed by atoms with Crippen molar-refractivity contribution in [2.24, 2.45) is 5.92 Å². The fourth-order valence-corrected chi connectivity index (χ4v) is 4.67. The Morgan fingerprint density at radius 2 is 1.81 bits per heavy atom. The third-order valence-electron chi connectivity index (χ3n) is 6.21. The Hall–Kier alpha value is -2.69. The second-order valence-corrected chi connectivity index (χ2v) is 9.03. The summed E-state index contributed by atoms with van der Waals surface area (Å²) in [7, 11) is 0. The lowest BCUT2D eigenvalue weighted by molar-refractivity contribution is -0.127. The summed E-state index contributed by atoms with van der Waals surface area (Å²) in [6.45, 7) is 4.45. The van der Waals surface area contributed by atoms with Crippen LogP contribution in [0.2, 0.25) is 5.02 Å². The molecule has 0 saturated carbocycles. The van der Waals surface area contributed by atoms with E-state index in [0.717, 1.165) is 34.7 Å². The van der Waals surface area contributed by atoms with E-state index < -0.39 is 0 Å². The highest BCUT2D eigenvalue weighted by molar-refractivity contribution is 6.31. The molecule has 3 aromatic carbocycles. The Balaban J connectivity index is 1.52. The van der Waals surface area contributed by atoms with E-state index in [1.807, 2.05) is 66.7 Å². The van der Waals surface area contributed by atoms with Gasteiger partial charge in [-0.3, -0.25) is 9.69 Å². The number of benzene rings is 3. The Bertz CT molecular complexity index is 1070. The third kappa shape index (κ3) is 5.56. The normalized spacial score (nSPS) is 19.0. The van der Waals surface area contributed by atoms with Gasteiger partial charge in [0, 0.05) is 31.2 Å². The molecule has 0 aliphatic carbocycles. The molecule has 32 heavy (non-hydrogen) atoms. The van der Waals surface area contributed by atoms with Crippen LogP contribution in [-0.4, -0.2) is 23.9 Å². The molecule has 1 fully saturated rings. The number of carbonyl (C=O) groups is 1. The van der Waals surface area contributed by atoms with Gasteiger partial charge in [-0.2, -0.15) is 0 Å². The van der Waals surface area contributed by atoms with Gasteiger partial charge >= 0.3 is 0 Å². The van der Waals surface area contributed by atoms with Crippen LogP contribution in [0.3, 0.4) is 0 Å². The summed E-state index contributed by atoms with van der Waals surface area (Å²) in [6.07, 6.45) is 0.741. The minimum absolute atomic E-state index is 0.0570. The van der Waals surface area contributed by atoms with E-state index in [4.69, 9.17) is 11.6 Å². The number of nitrogens with zero attached hydrogens (tertiary/aromatic N) is 1. The lowest BCUT2D eigenvalue weighted by atomic mass is 9.83. The Morgan fingerprint density at radius 1 is 1.06 bits per heavy atom. The van der Waals surface area contributed by atoms with Gasteiger partial charge in [-0.1, -0.05) is 72.3 Å². The number of piperidine rings is 1. The van der Waals surface area contributed by atoms with Gasteiger partial charge in [-0.25, -0.2) is 4.39 Å². The number of nitrogens with one attached hydrogen (secondary N) is 1. The highest BCUT2D eigenvalue weighted by Crippen LogP contribution is 2.33. The topological polar surface area (TPSA) is 32.3 Å². The van der Waals surface area contributed by atoms with Gasteiger partial charge in [0.1, 0.15) is 5.82 Å². The summed E-state index contributed by atoms with van der Waals surface area (Å²) < 4.78 is 13.9. The second-order valence-electron chi connectivity index (χ2n) is 8.63. The molecule has 3 aromatic rings. The molecule has 2 atom stereocenters. The van der Waals surface area contributed by atoms with Gasteiger partial charge in [-0.15, -0.1) is 0 Å². The highest BCUT2D eigenvalue weighted by Gasteiger charge is 2.32.